The van der Waals surface area contributed by atoms with Crippen LogP contribution in [0.3, 0.4) is 0 Å². The maximum absolute atomic E-state index is 13.3. The van der Waals surface area contributed by atoms with Crippen molar-refractivity contribution in [2.45, 2.75) is 44.7 Å². The summed E-state index contributed by atoms with van der Waals surface area (Å²) in [6.45, 7) is 0.346. The van der Waals surface area contributed by atoms with Gasteiger partial charge in [-0.3, -0.25) is 0 Å². The normalized spacial score (nSPS) is 18.5. The van der Waals surface area contributed by atoms with E-state index in [0.717, 1.165) is 18.8 Å². The predicted octanol–water partition coefficient (Wildman–Crippen LogP) is 6.04. The molecule has 1 heterocycles. The molecule has 2 nitrogen and oxygen atoms in total. The lowest BCUT2D eigenvalue weighted by Crippen LogP contribution is -2.14. The van der Waals surface area contributed by atoms with Gasteiger partial charge in [0, 0.05) is 11.9 Å². The van der Waals surface area contributed by atoms with Gasteiger partial charge in [0.25, 0.3) is 0 Å². The third-order valence-corrected chi connectivity index (χ3v) is 5.38. The van der Waals surface area contributed by atoms with E-state index in [1.165, 1.54) is 37.8 Å². The van der Waals surface area contributed by atoms with E-state index in [0.29, 0.717) is 18.2 Å². The number of alkyl halides is 3. The van der Waals surface area contributed by atoms with Crippen LogP contribution in [0.1, 0.15) is 44.1 Å². The van der Waals surface area contributed by atoms with E-state index in [-0.39, 0.29) is 5.75 Å². The zero-order valence-electron chi connectivity index (χ0n) is 13.5. The van der Waals surface area contributed by atoms with Crippen LogP contribution in [-0.2, 0) is 6.18 Å². The van der Waals surface area contributed by atoms with Crippen LogP contribution >= 0.6 is 11.8 Å². The summed E-state index contributed by atoms with van der Waals surface area (Å²) < 4.78 is 45.5. The number of halogens is 3. The van der Waals surface area contributed by atoms with Gasteiger partial charge < -0.3 is 9.64 Å². The van der Waals surface area contributed by atoms with Gasteiger partial charge >= 0.3 is 6.18 Å². The Kier molecular flexibility index (Phi) is 5.64. The van der Waals surface area contributed by atoms with Crippen molar-refractivity contribution in [1.82, 2.24) is 0 Å². The Morgan fingerprint density at radius 2 is 2.00 bits per heavy atom. The highest BCUT2D eigenvalue weighted by Crippen LogP contribution is 2.39. The second kappa shape index (κ2) is 7.72. The lowest BCUT2D eigenvalue weighted by Gasteiger charge is -2.20. The largest absolute Gasteiger partial charge is 0.493 e. The first-order valence-electron chi connectivity index (χ1n) is 8.43. The first kappa shape index (κ1) is 17.5. The Hall–Kier alpha value is -1.30. The van der Waals surface area contributed by atoms with Crippen LogP contribution in [0.25, 0.3) is 0 Å². The third-order valence-electron chi connectivity index (χ3n) is 4.64. The van der Waals surface area contributed by atoms with Gasteiger partial charge in [-0.05, 0) is 42.4 Å². The third kappa shape index (κ3) is 4.41. The number of benzene rings is 1. The van der Waals surface area contributed by atoms with Gasteiger partial charge in [-0.1, -0.05) is 25.7 Å². The molecule has 24 heavy (non-hydrogen) atoms. The first-order chi connectivity index (χ1) is 11.5. The van der Waals surface area contributed by atoms with E-state index < -0.39 is 11.7 Å². The Morgan fingerprint density at radius 3 is 2.67 bits per heavy atom. The van der Waals surface area contributed by atoms with Crippen molar-refractivity contribution in [2.75, 3.05) is 17.4 Å². The van der Waals surface area contributed by atoms with E-state index in [1.807, 2.05) is 5.41 Å². The molecule has 0 aromatic heterocycles. The maximum Gasteiger partial charge on any atom is 0.420 e. The molecule has 1 aliphatic carbocycles. The summed E-state index contributed by atoms with van der Waals surface area (Å²) in [5.74, 6) is 1.31. The molecule has 0 amide bonds. The van der Waals surface area contributed by atoms with Crippen molar-refractivity contribution in [3.8, 4) is 5.75 Å². The van der Waals surface area contributed by atoms with Crippen LogP contribution in [0.2, 0.25) is 0 Å². The Morgan fingerprint density at radius 1 is 1.21 bits per heavy atom. The van der Waals surface area contributed by atoms with E-state index in [2.05, 4.69) is 0 Å². The van der Waals surface area contributed by atoms with Crippen molar-refractivity contribution in [3.05, 3.63) is 35.4 Å². The summed E-state index contributed by atoms with van der Waals surface area (Å²) in [6.07, 6.45) is 4.33. The molecule has 1 aliphatic heterocycles. The number of rotatable bonds is 6. The molecule has 0 spiro atoms. The zero-order chi connectivity index (χ0) is 17.0. The molecule has 132 valence electrons. The molecule has 0 saturated heterocycles. The average molecular weight is 357 g/mol. The van der Waals surface area contributed by atoms with Gasteiger partial charge in [0.1, 0.15) is 5.75 Å². The zero-order valence-corrected chi connectivity index (χ0v) is 14.3. The van der Waals surface area contributed by atoms with Crippen molar-refractivity contribution >= 4 is 17.4 Å². The number of ether oxygens (including phenoxy) is 1. The van der Waals surface area contributed by atoms with Crippen LogP contribution in [0.5, 0.6) is 5.75 Å². The van der Waals surface area contributed by atoms with Crippen LogP contribution in [0.15, 0.2) is 29.8 Å². The maximum atomic E-state index is 13.3. The Labute approximate surface area is 145 Å². The van der Waals surface area contributed by atoms with E-state index in [1.54, 1.807) is 28.9 Å². The van der Waals surface area contributed by atoms with E-state index >= 15 is 0 Å². The lowest BCUT2D eigenvalue weighted by atomic mass is 10.0. The number of nitrogens with zero attached hydrogens (tertiary/aromatic N) is 1. The van der Waals surface area contributed by atoms with Crippen molar-refractivity contribution in [2.24, 2.45) is 5.92 Å². The molecule has 0 radical (unpaired) electrons. The molecule has 6 heteroatoms. The van der Waals surface area contributed by atoms with Gasteiger partial charge in [-0.15, -0.1) is 11.8 Å². The molecule has 0 N–H and O–H groups in total. The minimum Gasteiger partial charge on any atom is -0.493 e. The smallest absolute Gasteiger partial charge is 0.420 e. The van der Waals surface area contributed by atoms with Crippen LogP contribution < -0.4 is 9.64 Å². The highest BCUT2D eigenvalue weighted by atomic mass is 32.2. The standard InChI is InChI=1S/C18H22F3NOS/c19-18(20,21)16-12-15(22-9-11-24-13-22)7-8-17(16)23-10-3-6-14-4-1-2-5-14/h7-9,11-12,14H,1-6,10,13H2. The molecular formula is C18H22F3NOS. The summed E-state index contributed by atoms with van der Waals surface area (Å²) in [6, 6.07) is 4.32. The SMILES string of the molecule is FC(F)(F)c1cc(N2C=CSC2)ccc1OCCCC1CCCC1. The van der Waals surface area contributed by atoms with Crippen LogP contribution in [-0.4, -0.2) is 12.5 Å². The molecular weight excluding hydrogens is 335 g/mol. The second-order valence-electron chi connectivity index (χ2n) is 6.37. The average Bonchev–Trinajstić information content (AvgIpc) is 3.24. The molecule has 2 aliphatic rings. The van der Waals surface area contributed by atoms with Crippen LogP contribution in [0, 0.1) is 5.92 Å². The fourth-order valence-electron chi connectivity index (χ4n) is 3.34. The molecule has 0 bridgehead atoms. The van der Waals surface area contributed by atoms with Gasteiger partial charge in [-0.2, -0.15) is 13.2 Å². The molecule has 3 rings (SSSR count). The molecule has 1 aromatic carbocycles. The summed E-state index contributed by atoms with van der Waals surface area (Å²) >= 11 is 1.56. The summed E-state index contributed by atoms with van der Waals surface area (Å²) in [5, 5.41) is 1.88. The quantitative estimate of drug-likeness (QED) is 0.576. The number of anilines is 1. The van der Waals surface area contributed by atoms with Gasteiger partial charge in [-0.25, -0.2) is 0 Å². The fraction of sp³-hybridized carbons (Fsp3) is 0.556. The topological polar surface area (TPSA) is 12.5 Å². The number of thioether (sulfide) groups is 1. The number of hydrogen-bond donors (Lipinski definition) is 0. The molecule has 1 saturated carbocycles. The van der Waals surface area contributed by atoms with Crippen molar-refractivity contribution in [1.29, 1.82) is 0 Å². The Balaban J connectivity index is 1.63. The monoisotopic (exact) mass is 357 g/mol. The van der Waals surface area contributed by atoms with E-state index in [9.17, 15) is 13.2 Å². The number of hydrogen-bond acceptors (Lipinski definition) is 3. The van der Waals surface area contributed by atoms with Crippen LogP contribution in [0.4, 0.5) is 18.9 Å². The summed E-state index contributed by atoms with van der Waals surface area (Å²) in [7, 11) is 0. The molecule has 0 atom stereocenters. The fourth-order valence-corrected chi connectivity index (χ4v) is 4.06. The minimum absolute atomic E-state index is 0.0616. The minimum atomic E-state index is -4.41. The highest BCUT2D eigenvalue weighted by molar-refractivity contribution is 8.02. The lowest BCUT2D eigenvalue weighted by molar-refractivity contribution is -0.138. The van der Waals surface area contributed by atoms with Gasteiger partial charge in [0.05, 0.1) is 18.0 Å². The van der Waals surface area contributed by atoms with Crippen molar-refractivity contribution in [3.63, 3.8) is 0 Å². The van der Waals surface area contributed by atoms with Gasteiger partial charge in [0.2, 0.25) is 0 Å². The summed E-state index contributed by atoms with van der Waals surface area (Å²) in [4.78, 5) is 1.80. The Bertz CT molecular complexity index is 582. The first-order valence-corrected chi connectivity index (χ1v) is 9.48. The molecule has 0 unspecified atom stereocenters. The molecule has 1 aromatic rings. The molecule has 1 fully saturated rings. The van der Waals surface area contributed by atoms with E-state index in [4.69, 9.17) is 4.74 Å². The predicted molar refractivity (Wildman–Crippen MR) is 92.2 cm³/mol. The summed E-state index contributed by atoms with van der Waals surface area (Å²) in [5.41, 5.74) is -0.145. The van der Waals surface area contributed by atoms with Crippen molar-refractivity contribution < 1.29 is 17.9 Å². The second-order valence-corrected chi connectivity index (χ2v) is 7.23. The highest BCUT2D eigenvalue weighted by Gasteiger charge is 2.35. The van der Waals surface area contributed by atoms with Gasteiger partial charge in [0.15, 0.2) is 0 Å².